The number of halogens is 1. The van der Waals surface area contributed by atoms with Crippen molar-refractivity contribution in [3.63, 3.8) is 0 Å². The molecule has 4 fully saturated rings. The van der Waals surface area contributed by atoms with Gasteiger partial charge in [-0.1, -0.05) is 46.3 Å². The van der Waals surface area contributed by atoms with Gasteiger partial charge in [-0.15, -0.1) is 0 Å². The first kappa shape index (κ1) is 12.3. The molecule has 0 radical (unpaired) electrons. The van der Waals surface area contributed by atoms with Crippen molar-refractivity contribution in [2.45, 2.75) is 31.1 Å². The second-order valence-electron chi connectivity index (χ2n) is 8.80. The molecular weight excluding hydrogens is 344 g/mol. The summed E-state index contributed by atoms with van der Waals surface area (Å²) in [4.78, 5) is 0. The second kappa shape index (κ2) is 3.47. The zero-order chi connectivity index (χ0) is 15.0. The lowest BCUT2D eigenvalue weighted by Crippen LogP contribution is -2.73. The van der Waals surface area contributed by atoms with Crippen molar-refractivity contribution in [2.75, 3.05) is 0 Å². The van der Waals surface area contributed by atoms with Crippen LogP contribution in [0.4, 0.5) is 0 Å². The Morgan fingerprint density at radius 3 is 2.61 bits per heavy atom. The van der Waals surface area contributed by atoms with Gasteiger partial charge in [0.25, 0.3) is 0 Å². The summed E-state index contributed by atoms with van der Waals surface area (Å²) in [5.74, 6) is 3.96. The molecule has 5 aliphatic carbocycles. The maximum absolute atomic E-state index is 3.76. The van der Waals surface area contributed by atoms with Crippen LogP contribution in [0.1, 0.15) is 36.8 Å². The van der Waals surface area contributed by atoms with E-state index >= 15 is 0 Å². The van der Waals surface area contributed by atoms with Gasteiger partial charge in [0.05, 0.1) is 0 Å². The highest BCUT2D eigenvalue weighted by molar-refractivity contribution is 9.10. The number of benzene rings is 2. The van der Waals surface area contributed by atoms with Crippen molar-refractivity contribution in [3.8, 4) is 11.1 Å². The summed E-state index contributed by atoms with van der Waals surface area (Å²) in [5.41, 5.74) is 7.48. The second-order valence-corrected chi connectivity index (χ2v) is 9.71. The Bertz CT molecular complexity index is 899. The summed E-state index contributed by atoms with van der Waals surface area (Å²) in [7, 11) is 0. The first-order chi connectivity index (χ1) is 11.3. The highest BCUT2D eigenvalue weighted by Crippen LogP contribution is 2.89. The number of rotatable bonds is 0. The molecule has 23 heavy (non-hydrogen) atoms. The molecule has 2 spiro atoms. The quantitative estimate of drug-likeness (QED) is 0.556. The molecule has 6 atom stereocenters. The minimum absolute atomic E-state index is 0.362. The van der Waals surface area contributed by atoms with E-state index in [9.17, 15) is 0 Å². The SMILES string of the molecule is Brc1ccc2c(c1)C1(c3ccccc3-2)C2CC3CC4CC1C42C3. The van der Waals surface area contributed by atoms with E-state index in [-0.39, 0.29) is 0 Å². The maximum atomic E-state index is 3.76. The third kappa shape index (κ3) is 1.01. The molecule has 0 nitrogen and oxygen atoms in total. The number of fused-ring (bicyclic) bond motifs is 8. The van der Waals surface area contributed by atoms with Crippen molar-refractivity contribution in [3.05, 3.63) is 58.1 Å². The average Bonchev–Trinajstić information content (AvgIpc) is 3.15. The van der Waals surface area contributed by atoms with Crippen LogP contribution in [-0.4, -0.2) is 0 Å². The smallest absolute Gasteiger partial charge is 0.0283 e. The summed E-state index contributed by atoms with van der Waals surface area (Å²) in [6.07, 6.45) is 6.09. The standard InChI is InChI=1S/C22H19Br/c23-14-5-6-16-15-3-1-2-4-17(15)22(18(16)10-14)19-8-12-7-13-9-20(22)21(13,19)11-12/h1-6,10,12-13,19-20H,7-9,11H2. The Morgan fingerprint density at radius 2 is 1.70 bits per heavy atom. The lowest BCUT2D eigenvalue weighted by Gasteiger charge is -2.76. The Kier molecular flexibility index (Phi) is 1.86. The summed E-state index contributed by atoms with van der Waals surface area (Å²) < 4.78 is 1.25. The zero-order valence-electron chi connectivity index (χ0n) is 13.1. The molecule has 0 aromatic heterocycles. The number of hydrogen-bond acceptors (Lipinski definition) is 0. The summed E-state index contributed by atoms with van der Waals surface area (Å²) >= 11 is 3.76. The molecule has 7 rings (SSSR count). The Balaban J connectivity index is 1.57. The Labute approximate surface area is 145 Å². The van der Waals surface area contributed by atoms with Crippen molar-refractivity contribution in [1.82, 2.24) is 0 Å². The predicted octanol–water partition coefficient (Wildman–Crippen LogP) is 5.78. The van der Waals surface area contributed by atoms with E-state index in [1.165, 1.54) is 28.4 Å². The molecule has 0 saturated heterocycles. The fourth-order valence-corrected chi connectivity index (χ4v) is 8.66. The normalized spacial score (nSPS) is 46.1. The topological polar surface area (TPSA) is 0 Å². The van der Waals surface area contributed by atoms with E-state index in [0.29, 0.717) is 5.41 Å². The van der Waals surface area contributed by atoms with Gasteiger partial charge in [-0.3, -0.25) is 0 Å². The molecule has 6 unspecified atom stereocenters. The Hall–Kier alpha value is -1.08. The third-order valence-electron chi connectivity index (χ3n) is 8.60. The van der Waals surface area contributed by atoms with Gasteiger partial charge in [0.15, 0.2) is 0 Å². The van der Waals surface area contributed by atoms with Crippen LogP contribution in [0.25, 0.3) is 11.1 Å². The zero-order valence-corrected chi connectivity index (χ0v) is 14.6. The van der Waals surface area contributed by atoms with Gasteiger partial charge in [-0.2, -0.15) is 0 Å². The molecule has 5 aliphatic rings. The van der Waals surface area contributed by atoms with E-state index < -0.39 is 0 Å². The van der Waals surface area contributed by atoms with Gasteiger partial charge < -0.3 is 0 Å². The minimum Gasteiger partial charge on any atom is -0.0619 e. The van der Waals surface area contributed by atoms with Crippen LogP contribution in [-0.2, 0) is 5.41 Å². The van der Waals surface area contributed by atoms with Crippen molar-refractivity contribution in [1.29, 1.82) is 0 Å². The molecule has 0 heterocycles. The van der Waals surface area contributed by atoms with E-state index in [2.05, 4.69) is 58.4 Å². The van der Waals surface area contributed by atoms with E-state index in [0.717, 1.165) is 29.1 Å². The van der Waals surface area contributed by atoms with E-state index in [4.69, 9.17) is 0 Å². The summed E-state index contributed by atoms with van der Waals surface area (Å²) in [6.45, 7) is 0. The summed E-state index contributed by atoms with van der Waals surface area (Å²) in [5, 5.41) is 0. The predicted molar refractivity (Wildman–Crippen MR) is 95.2 cm³/mol. The number of hydrogen-bond donors (Lipinski definition) is 0. The van der Waals surface area contributed by atoms with Crippen LogP contribution in [0.5, 0.6) is 0 Å². The van der Waals surface area contributed by atoms with Gasteiger partial charge in [0, 0.05) is 9.89 Å². The monoisotopic (exact) mass is 362 g/mol. The lowest BCUT2D eigenvalue weighted by atomic mass is 9.27. The first-order valence-corrected chi connectivity index (χ1v) is 9.95. The van der Waals surface area contributed by atoms with Gasteiger partial charge in [0.2, 0.25) is 0 Å². The molecule has 4 saturated carbocycles. The van der Waals surface area contributed by atoms with Crippen LogP contribution >= 0.6 is 15.9 Å². The van der Waals surface area contributed by atoms with Gasteiger partial charge in [-0.05, 0) is 89.2 Å². The van der Waals surface area contributed by atoms with Crippen LogP contribution in [0, 0.1) is 29.1 Å². The van der Waals surface area contributed by atoms with Gasteiger partial charge in [-0.25, -0.2) is 0 Å². The van der Waals surface area contributed by atoms with Crippen LogP contribution in [0.15, 0.2) is 46.9 Å². The first-order valence-electron chi connectivity index (χ1n) is 9.16. The molecular formula is C22H19Br. The maximum Gasteiger partial charge on any atom is 0.0283 e. The van der Waals surface area contributed by atoms with Crippen LogP contribution in [0.2, 0.25) is 0 Å². The molecule has 2 aromatic carbocycles. The van der Waals surface area contributed by atoms with Crippen molar-refractivity contribution in [2.24, 2.45) is 29.1 Å². The van der Waals surface area contributed by atoms with E-state index in [1.54, 1.807) is 24.0 Å². The summed E-state index contributed by atoms with van der Waals surface area (Å²) in [6, 6.07) is 16.4. The lowest BCUT2D eigenvalue weighted by molar-refractivity contribution is -0.231. The highest BCUT2D eigenvalue weighted by Gasteiger charge is 2.84. The molecule has 114 valence electrons. The minimum atomic E-state index is 0.362. The molecule has 2 aromatic rings. The van der Waals surface area contributed by atoms with Gasteiger partial charge >= 0.3 is 0 Å². The molecule has 2 bridgehead atoms. The van der Waals surface area contributed by atoms with Crippen LogP contribution < -0.4 is 0 Å². The van der Waals surface area contributed by atoms with E-state index in [1.807, 2.05) is 0 Å². The van der Waals surface area contributed by atoms with Crippen molar-refractivity contribution >= 4 is 15.9 Å². The van der Waals surface area contributed by atoms with Crippen LogP contribution in [0.3, 0.4) is 0 Å². The third-order valence-corrected chi connectivity index (χ3v) is 9.09. The molecule has 1 heteroatoms. The fourth-order valence-electron chi connectivity index (χ4n) is 8.29. The fraction of sp³-hybridized carbons (Fsp3) is 0.455. The molecule has 0 aliphatic heterocycles. The highest BCUT2D eigenvalue weighted by atomic mass is 79.9. The Morgan fingerprint density at radius 1 is 0.870 bits per heavy atom. The van der Waals surface area contributed by atoms with Gasteiger partial charge in [0.1, 0.15) is 0 Å². The molecule has 0 N–H and O–H groups in total. The molecule has 0 amide bonds. The average molecular weight is 363 g/mol. The largest absolute Gasteiger partial charge is 0.0619 e. The van der Waals surface area contributed by atoms with Crippen molar-refractivity contribution < 1.29 is 0 Å².